The molecule has 0 spiro atoms. The van der Waals surface area contributed by atoms with Crippen molar-refractivity contribution >= 4 is 11.7 Å². The summed E-state index contributed by atoms with van der Waals surface area (Å²) in [5, 5.41) is 24.0. The van der Waals surface area contributed by atoms with Crippen molar-refractivity contribution in [2.45, 2.75) is 6.54 Å². The van der Waals surface area contributed by atoms with E-state index in [1.54, 1.807) is 18.2 Å². The minimum absolute atomic E-state index is 0.0324. The van der Waals surface area contributed by atoms with Crippen LogP contribution in [0.3, 0.4) is 0 Å². The number of urea groups is 1. The van der Waals surface area contributed by atoms with E-state index < -0.39 is 11.0 Å². The van der Waals surface area contributed by atoms with E-state index in [0.29, 0.717) is 5.56 Å². The molecule has 0 atom stereocenters. The molecule has 0 saturated heterocycles. The van der Waals surface area contributed by atoms with Crippen LogP contribution >= 0.6 is 0 Å². The molecule has 0 unspecified atom stereocenters. The topological polar surface area (TPSA) is 104 Å². The normalized spacial score (nSPS) is 9.71. The second-order valence-electron chi connectivity index (χ2n) is 3.22. The summed E-state index contributed by atoms with van der Waals surface area (Å²) in [4.78, 5) is 21.3. The molecule has 0 aromatic heterocycles. The number of hydrogen-bond acceptors (Lipinski definition) is 4. The SMILES string of the molecule is O=C(NCCO)NCc1ccccc1[N+](=O)[O-]. The molecule has 0 fully saturated rings. The number of para-hydroxylation sites is 1. The monoisotopic (exact) mass is 239 g/mol. The Bertz CT molecular complexity index is 408. The first-order valence-corrected chi connectivity index (χ1v) is 5.00. The maximum absolute atomic E-state index is 11.2. The summed E-state index contributed by atoms with van der Waals surface area (Å²) in [6, 6.07) is 5.70. The van der Waals surface area contributed by atoms with E-state index in [1.807, 2.05) is 0 Å². The second kappa shape index (κ2) is 6.44. The van der Waals surface area contributed by atoms with Crippen molar-refractivity contribution in [3.8, 4) is 0 Å². The van der Waals surface area contributed by atoms with Crippen LogP contribution in [0.25, 0.3) is 0 Å². The molecule has 0 saturated carbocycles. The van der Waals surface area contributed by atoms with E-state index >= 15 is 0 Å². The Kier molecular flexibility index (Phi) is 4.89. The number of amides is 2. The maximum Gasteiger partial charge on any atom is 0.315 e. The van der Waals surface area contributed by atoms with Gasteiger partial charge in [0.2, 0.25) is 0 Å². The number of rotatable bonds is 5. The second-order valence-corrected chi connectivity index (χ2v) is 3.22. The lowest BCUT2D eigenvalue weighted by molar-refractivity contribution is -0.385. The third-order valence-corrected chi connectivity index (χ3v) is 2.03. The highest BCUT2D eigenvalue weighted by Crippen LogP contribution is 2.16. The van der Waals surface area contributed by atoms with Crippen molar-refractivity contribution in [3.63, 3.8) is 0 Å². The fourth-order valence-corrected chi connectivity index (χ4v) is 1.25. The summed E-state index contributed by atoms with van der Waals surface area (Å²) in [6.45, 7) is 0.0516. The van der Waals surface area contributed by atoms with Gasteiger partial charge in [-0.15, -0.1) is 0 Å². The molecule has 0 aliphatic heterocycles. The minimum atomic E-state index is -0.497. The Morgan fingerprint density at radius 1 is 1.35 bits per heavy atom. The first-order valence-electron chi connectivity index (χ1n) is 5.00. The lowest BCUT2D eigenvalue weighted by atomic mass is 10.2. The maximum atomic E-state index is 11.2. The van der Waals surface area contributed by atoms with Crippen LogP contribution < -0.4 is 10.6 Å². The molecule has 0 heterocycles. The Balaban J connectivity index is 2.57. The lowest BCUT2D eigenvalue weighted by Crippen LogP contribution is -2.36. The van der Waals surface area contributed by atoms with E-state index in [-0.39, 0.29) is 25.4 Å². The quantitative estimate of drug-likeness (QED) is 0.510. The van der Waals surface area contributed by atoms with Crippen molar-refractivity contribution in [1.82, 2.24) is 10.6 Å². The number of aliphatic hydroxyl groups is 1. The van der Waals surface area contributed by atoms with Crippen molar-refractivity contribution in [2.24, 2.45) is 0 Å². The Labute approximate surface area is 97.6 Å². The largest absolute Gasteiger partial charge is 0.395 e. The number of nitro groups is 1. The number of carbonyl (C=O) groups excluding carboxylic acids is 1. The molecule has 0 aliphatic rings. The summed E-state index contributed by atoms with van der Waals surface area (Å²) >= 11 is 0. The fourth-order valence-electron chi connectivity index (χ4n) is 1.25. The fraction of sp³-hybridized carbons (Fsp3) is 0.300. The summed E-state index contributed by atoms with van der Waals surface area (Å²) < 4.78 is 0. The number of benzene rings is 1. The van der Waals surface area contributed by atoms with Crippen LogP contribution in [-0.4, -0.2) is 29.2 Å². The minimum Gasteiger partial charge on any atom is -0.395 e. The zero-order valence-corrected chi connectivity index (χ0v) is 9.05. The summed E-state index contributed by atoms with van der Waals surface area (Å²) in [5.41, 5.74) is 0.395. The molecular formula is C10H13N3O4. The highest BCUT2D eigenvalue weighted by Gasteiger charge is 2.12. The predicted molar refractivity (Wildman–Crippen MR) is 60.4 cm³/mol. The van der Waals surface area contributed by atoms with Gasteiger partial charge in [0.15, 0.2) is 0 Å². The first kappa shape index (κ1) is 12.9. The standard InChI is InChI=1S/C10H13N3O4/c14-6-5-11-10(15)12-7-8-3-1-2-4-9(8)13(16)17/h1-4,14H,5-7H2,(H2,11,12,15). The molecular weight excluding hydrogens is 226 g/mol. The zero-order valence-electron chi connectivity index (χ0n) is 9.05. The third-order valence-electron chi connectivity index (χ3n) is 2.03. The lowest BCUT2D eigenvalue weighted by Gasteiger charge is -2.06. The average molecular weight is 239 g/mol. The number of carbonyl (C=O) groups is 1. The van der Waals surface area contributed by atoms with Crippen LogP contribution in [0.2, 0.25) is 0 Å². The van der Waals surface area contributed by atoms with Crippen molar-refractivity contribution < 1.29 is 14.8 Å². The molecule has 1 rings (SSSR count). The van der Waals surface area contributed by atoms with Gasteiger partial charge in [-0.1, -0.05) is 18.2 Å². The van der Waals surface area contributed by atoms with E-state index in [2.05, 4.69) is 10.6 Å². The smallest absolute Gasteiger partial charge is 0.315 e. The van der Waals surface area contributed by atoms with Crippen molar-refractivity contribution in [1.29, 1.82) is 0 Å². The van der Waals surface area contributed by atoms with Gasteiger partial charge in [-0.3, -0.25) is 10.1 Å². The van der Waals surface area contributed by atoms with Gasteiger partial charge < -0.3 is 15.7 Å². The Hall–Kier alpha value is -2.15. The van der Waals surface area contributed by atoms with Gasteiger partial charge in [-0.05, 0) is 0 Å². The van der Waals surface area contributed by atoms with Crippen molar-refractivity contribution in [3.05, 3.63) is 39.9 Å². The number of nitrogens with zero attached hydrogens (tertiary/aromatic N) is 1. The molecule has 1 aromatic carbocycles. The summed E-state index contributed by atoms with van der Waals surface area (Å²) in [6.07, 6.45) is 0. The highest BCUT2D eigenvalue weighted by atomic mass is 16.6. The van der Waals surface area contributed by atoms with Crippen LogP contribution in [0.4, 0.5) is 10.5 Å². The molecule has 0 aliphatic carbocycles. The number of hydrogen-bond donors (Lipinski definition) is 3. The van der Waals surface area contributed by atoms with E-state index in [0.717, 1.165) is 0 Å². The summed E-state index contributed by atoms with van der Waals surface area (Å²) in [5.74, 6) is 0. The molecule has 92 valence electrons. The summed E-state index contributed by atoms with van der Waals surface area (Å²) in [7, 11) is 0. The van der Waals surface area contributed by atoms with Crippen LogP contribution in [0.15, 0.2) is 24.3 Å². The van der Waals surface area contributed by atoms with E-state index in [4.69, 9.17) is 5.11 Å². The molecule has 3 N–H and O–H groups in total. The molecule has 7 heteroatoms. The van der Waals surface area contributed by atoms with Gasteiger partial charge in [-0.2, -0.15) is 0 Å². The molecule has 0 radical (unpaired) electrons. The van der Waals surface area contributed by atoms with Gasteiger partial charge in [-0.25, -0.2) is 4.79 Å². The molecule has 17 heavy (non-hydrogen) atoms. The van der Waals surface area contributed by atoms with E-state index in [9.17, 15) is 14.9 Å². The van der Waals surface area contributed by atoms with Gasteiger partial charge >= 0.3 is 6.03 Å². The number of aliphatic hydroxyl groups excluding tert-OH is 1. The van der Waals surface area contributed by atoms with Crippen LogP contribution in [-0.2, 0) is 6.54 Å². The molecule has 2 amide bonds. The van der Waals surface area contributed by atoms with Crippen LogP contribution in [0.1, 0.15) is 5.56 Å². The molecule has 1 aromatic rings. The number of nitrogens with one attached hydrogen (secondary N) is 2. The predicted octanol–water partition coefficient (Wildman–Crippen LogP) is 0.386. The molecule has 0 bridgehead atoms. The van der Waals surface area contributed by atoms with E-state index in [1.165, 1.54) is 6.07 Å². The Morgan fingerprint density at radius 2 is 2.06 bits per heavy atom. The molecule has 7 nitrogen and oxygen atoms in total. The van der Waals surface area contributed by atoms with Crippen LogP contribution in [0, 0.1) is 10.1 Å². The van der Waals surface area contributed by atoms with Gasteiger partial charge in [0.1, 0.15) is 0 Å². The Morgan fingerprint density at radius 3 is 2.71 bits per heavy atom. The van der Waals surface area contributed by atoms with Crippen molar-refractivity contribution in [2.75, 3.05) is 13.2 Å². The average Bonchev–Trinajstić information content (AvgIpc) is 2.34. The zero-order chi connectivity index (χ0) is 12.7. The number of nitro benzene ring substituents is 1. The van der Waals surface area contributed by atoms with Gasteiger partial charge in [0.25, 0.3) is 5.69 Å². The highest BCUT2D eigenvalue weighted by molar-refractivity contribution is 5.73. The van der Waals surface area contributed by atoms with Crippen LogP contribution in [0.5, 0.6) is 0 Å². The van der Waals surface area contributed by atoms with Gasteiger partial charge in [0.05, 0.1) is 18.1 Å². The van der Waals surface area contributed by atoms with Gasteiger partial charge in [0, 0.05) is 18.2 Å². The first-order chi connectivity index (χ1) is 8.15. The third kappa shape index (κ3) is 4.07.